The first-order valence-corrected chi connectivity index (χ1v) is 30.6. The molecular weight excluding hydrogens is 863 g/mol. The first kappa shape index (κ1) is 67.6. The van der Waals surface area contributed by atoms with Crippen LogP contribution in [0.2, 0.25) is 0 Å². The third-order valence-corrected chi connectivity index (χ3v) is 13.8. The molecule has 0 fully saturated rings. The number of hydrogen-bond acceptors (Lipinski definition) is 5. The molecule has 0 aromatic carbocycles. The number of amides is 1. The Kier molecular flexibility index (Phi) is 57.1. The van der Waals surface area contributed by atoms with Crippen molar-refractivity contribution >= 4 is 11.9 Å². The summed E-state index contributed by atoms with van der Waals surface area (Å²) in [7, 11) is 0. The fourth-order valence-corrected chi connectivity index (χ4v) is 9.07. The predicted octanol–water partition coefficient (Wildman–Crippen LogP) is 19.1. The second-order valence-corrected chi connectivity index (χ2v) is 20.7. The smallest absolute Gasteiger partial charge is 0.305 e. The molecule has 0 bridgehead atoms. The second-order valence-electron chi connectivity index (χ2n) is 20.7. The zero-order chi connectivity index (χ0) is 50.7. The molecule has 408 valence electrons. The Labute approximate surface area is 435 Å². The summed E-state index contributed by atoms with van der Waals surface area (Å²) in [5.41, 5.74) is 0. The molecule has 0 aliphatic carbocycles. The highest BCUT2D eigenvalue weighted by atomic mass is 16.5. The van der Waals surface area contributed by atoms with Gasteiger partial charge in [0.2, 0.25) is 5.91 Å². The minimum Gasteiger partial charge on any atom is -0.466 e. The summed E-state index contributed by atoms with van der Waals surface area (Å²) in [6, 6.07) is -0.647. The van der Waals surface area contributed by atoms with Crippen LogP contribution in [0.4, 0.5) is 0 Å². The molecule has 0 aromatic heterocycles. The SMILES string of the molecule is CCCCC/C=C\C/C=C\CCCCCCCCCC(=O)OCCCCC/C=C\C=C/CCCCCCCCC(=O)NC(CO)C(O)/C=C/CCCCCCCCCCCCCCCCCCCCC. The molecule has 0 saturated carbocycles. The average molecular weight is 981 g/mol. The van der Waals surface area contributed by atoms with Crippen LogP contribution in [0.3, 0.4) is 0 Å². The minimum atomic E-state index is -0.862. The summed E-state index contributed by atoms with van der Waals surface area (Å²) < 4.78 is 5.45. The molecule has 2 atom stereocenters. The summed E-state index contributed by atoms with van der Waals surface area (Å²) in [4.78, 5) is 24.5. The summed E-state index contributed by atoms with van der Waals surface area (Å²) in [6.45, 7) is 4.83. The van der Waals surface area contributed by atoms with E-state index in [1.165, 1.54) is 199 Å². The number of allylic oxidation sites excluding steroid dienone is 9. The van der Waals surface area contributed by atoms with Crippen molar-refractivity contribution in [2.24, 2.45) is 0 Å². The lowest BCUT2D eigenvalue weighted by atomic mass is 10.0. The van der Waals surface area contributed by atoms with Gasteiger partial charge in [-0.2, -0.15) is 0 Å². The number of nitrogens with one attached hydrogen (secondary N) is 1. The van der Waals surface area contributed by atoms with Gasteiger partial charge in [0.15, 0.2) is 0 Å². The number of carbonyl (C=O) groups excluding carboxylic acids is 2. The molecule has 0 radical (unpaired) electrons. The lowest BCUT2D eigenvalue weighted by molar-refractivity contribution is -0.143. The van der Waals surface area contributed by atoms with Gasteiger partial charge in [0, 0.05) is 12.8 Å². The van der Waals surface area contributed by atoms with Crippen LogP contribution in [-0.4, -0.2) is 47.4 Å². The number of aliphatic hydroxyl groups excluding tert-OH is 2. The third-order valence-electron chi connectivity index (χ3n) is 13.8. The molecule has 1 amide bonds. The van der Waals surface area contributed by atoms with E-state index in [-0.39, 0.29) is 18.5 Å². The van der Waals surface area contributed by atoms with E-state index in [1.54, 1.807) is 6.08 Å². The summed E-state index contributed by atoms with van der Waals surface area (Å²) in [6.07, 6.45) is 76.8. The van der Waals surface area contributed by atoms with Crippen molar-refractivity contribution in [2.75, 3.05) is 13.2 Å². The van der Waals surface area contributed by atoms with Crippen LogP contribution in [0.25, 0.3) is 0 Å². The van der Waals surface area contributed by atoms with Crippen molar-refractivity contribution in [2.45, 2.75) is 321 Å². The maximum atomic E-state index is 12.5. The molecule has 0 aliphatic heterocycles. The number of ether oxygens (including phenoxy) is 1. The third kappa shape index (κ3) is 54.9. The van der Waals surface area contributed by atoms with E-state index in [2.05, 4.69) is 67.8 Å². The highest BCUT2D eigenvalue weighted by molar-refractivity contribution is 5.76. The fraction of sp³-hybridized carbons (Fsp3) is 0.812. The number of rotatable bonds is 56. The van der Waals surface area contributed by atoms with E-state index in [4.69, 9.17) is 4.74 Å². The normalized spacial score (nSPS) is 13.0. The van der Waals surface area contributed by atoms with Gasteiger partial charge < -0.3 is 20.3 Å². The molecule has 0 heterocycles. The molecule has 0 spiro atoms. The molecule has 2 unspecified atom stereocenters. The van der Waals surface area contributed by atoms with E-state index in [1.807, 2.05) is 6.08 Å². The van der Waals surface area contributed by atoms with Crippen LogP contribution in [-0.2, 0) is 14.3 Å². The molecule has 0 aliphatic rings. The molecule has 6 nitrogen and oxygen atoms in total. The number of esters is 1. The van der Waals surface area contributed by atoms with Crippen LogP contribution in [0, 0.1) is 0 Å². The van der Waals surface area contributed by atoms with Crippen molar-refractivity contribution in [1.82, 2.24) is 5.32 Å². The van der Waals surface area contributed by atoms with Gasteiger partial charge in [-0.05, 0) is 96.3 Å². The Morgan fingerprint density at radius 2 is 0.757 bits per heavy atom. The van der Waals surface area contributed by atoms with E-state index in [0.717, 1.165) is 83.5 Å². The van der Waals surface area contributed by atoms with Crippen LogP contribution >= 0.6 is 0 Å². The van der Waals surface area contributed by atoms with Gasteiger partial charge in [-0.15, -0.1) is 0 Å². The average Bonchev–Trinajstić information content (AvgIpc) is 3.36. The molecule has 0 saturated heterocycles. The molecular formula is C64H117NO5. The van der Waals surface area contributed by atoms with Crippen LogP contribution < -0.4 is 5.32 Å². The monoisotopic (exact) mass is 980 g/mol. The van der Waals surface area contributed by atoms with Crippen molar-refractivity contribution in [1.29, 1.82) is 0 Å². The lowest BCUT2D eigenvalue weighted by Gasteiger charge is -2.20. The van der Waals surface area contributed by atoms with Gasteiger partial charge in [-0.1, -0.05) is 261 Å². The van der Waals surface area contributed by atoms with E-state index in [9.17, 15) is 19.8 Å². The van der Waals surface area contributed by atoms with E-state index < -0.39 is 12.1 Å². The number of hydrogen-bond donors (Lipinski definition) is 3. The van der Waals surface area contributed by atoms with Crippen molar-refractivity contribution < 1.29 is 24.5 Å². The Bertz CT molecular complexity index is 1220. The minimum absolute atomic E-state index is 0.0309. The maximum absolute atomic E-state index is 12.5. The van der Waals surface area contributed by atoms with Gasteiger partial charge in [0.25, 0.3) is 0 Å². The topological polar surface area (TPSA) is 95.9 Å². The number of carbonyl (C=O) groups is 2. The van der Waals surface area contributed by atoms with E-state index in [0.29, 0.717) is 19.4 Å². The first-order valence-electron chi connectivity index (χ1n) is 30.6. The standard InChI is InChI=1S/C64H117NO5/c1-3-5-7-9-11-13-15-17-19-21-22-23-24-26-28-32-36-40-44-48-52-56-62(67)61(60-66)65-63(68)57-53-49-45-41-37-33-29-27-31-35-39-43-47-51-55-59-70-64(69)58-54-50-46-42-38-34-30-25-20-18-16-14-12-10-8-6-4-2/h12,14,18,20,27,31,35,39,52,56,61-62,66-67H,3-11,13,15-17,19,21-26,28-30,32-34,36-38,40-51,53-55,57-60H2,1-2H3,(H,65,68)/b14-12-,20-18-,31-27-,39-35-,56-52+. The highest BCUT2D eigenvalue weighted by Crippen LogP contribution is 2.16. The van der Waals surface area contributed by atoms with Crippen LogP contribution in [0.5, 0.6) is 0 Å². The van der Waals surface area contributed by atoms with Crippen molar-refractivity contribution in [3.05, 3.63) is 60.8 Å². The van der Waals surface area contributed by atoms with Gasteiger partial charge in [-0.25, -0.2) is 0 Å². The van der Waals surface area contributed by atoms with Crippen molar-refractivity contribution in [3.63, 3.8) is 0 Å². The Balaban J connectivity index is 3.55. The molecule has 6 heteroatoms. The Hall–Kier alpha value is -2.44. The summed E-state index contributed by atoms with van der Waals surface area (Å²) in [5, 5.41) is 23.2. The zero-order valence-corrected chi connectivity index (χ0v) is 46.5. The van der Waals surface area contributed by atoms with Gasteiger partial charge >= 0.3 is 5.97 Å². The highest BCUT2D eigenvalue weighted by Gasteiger charge is 2.18. The summed E-state index contributed by atoms with van der Waals surface area (Å²) in [5.74, 6) is -0.121. The first-order chi connectivity index (χ1) is 34.5. The Morgan fingerprint density at radius 3 is 1.20 bits per heavy atom. The molecule has 0 aromatic rings. The second kappa shape index (κ2) is 59.1. The van der Waals surface area contributed by atoms with Crippen molar-refractivity contribution in [3.8, 4) is 0 Å². The lowest BCUT2D eigenvalue weighted by Crippen LogP contribution is -2.45. The number of aliphatic hydroxyl groups is 2. The zero-order valence-electron chi connectivity index (χ0n) is 46.5. The Morgan fingerprint density at radius 1 is 0.414 bits per heavy atom. The van der Waals surface area contributed by atoms with E-state index >= 15 is 0 Å². The van der Waals surface area contributed by atoms with Crippen LogP contribution in [0.15, 0.2) is 60.8 Å². The summed E-state index contributed by atoms with van der Waals surface area (Å²) >= 11 is 0. The predicted molar refractivity (Wildman–Crippen MR) is 305 cm³/mol. The molecule has 3 N–H and O–H groups in total. The van der Waals surface area contributed by atoms with Gasteiger partial charge in [0.05, 0.1) is 25.4 Å². The van der Waals surface area contributed by atoms with Gasteiger partial charge in [0.1, 0.15) is 0 Å². The maximum Gasteiger partial charge on any atom is 0.305 e. The fourth-order valence-electron chi connectivity index (χ4n) is 9.07. The molecule has 70 heavy (non-hydrogen) atoms. The quantitative estimate of drug-likeness (QED) is 0.0244. The molecule has 0 rings (SSSR count). The van der Waals surface area contributed by atoms with Gasteiger partial charge in [-0.3, -0.25) is 9.59 Å². The largest absolute Gasteiger partial charge is 0.466 e. The number of unbranched alkanes of at least 4 members (excludes halogenated alkanes) is 38. The van der Waals surface area contributed by atoms with Crippen LogP contribution in [0.1, 0.15) is 309 Å².